The van der Waals surface area contributed by atoms with Crippen LogP contribution in [-0.2, 0) is 4.74 Å². The molecule has 0 aliphatic rings. The minimum Gasteiger partial charge on any atom is -0.465 e. The number of rotatable bonds is 4. The number of aromatic nitrogens is 1. The molecule has 0 radical (unpaired) electrons. The minimum absolute atomic E-state index is 0.290. The number of nitrogens with zero attached hydrogens (tertiary/aromatic N) is 1. The summed E-state index contributed by atoms with van der Waals surface area (Å²) in [5.74, 6) is 0.770. The molecule has 0 aliphatic carbocycles. The summed E-state index contributed by atoms with van der Waals surface area (Å²) in [6, 6.07) is 3.71. The van der Waals surface area contributed by atoms with Crippen molar-refractivity contribution in [2.75, 3.05) is 13.4 Å². The highest BCUT2D eigenvalue weighted by Crippen LogP contribution is 2.16. The Morgan fingerprint density at radius 3 is 3.08 bits per heavy atom. The fraction of sp³-hybridized carbons (Fsp3) is 0.375. The van der Waals surface area contributed by atoms with E-state index in [-0.39, 0.29) is 6.79 Å². The third-order valence-electron chi connectivity index (χ3n) is 1.23. The number of pyridine rings is 1. The molecule has 66 valence electrons. The molecule has 1 rings (SSSR count). The first kappa shape index (κ1) is 9.73. The molecule has 0 fully saturated rings. The Hall–Kier alpha value is -0.360. The molecule has 4 heteroatoms. The van der Waals surface area contributed by atoms with Crippen LogP contribution in [0.25, 0.3) is 0 Å². The smallest absolute Gasteiger partial charge is 0.189 e. The first-order valence-electron chi connectivity index (χ1n) is 3.65. The van der Waals surface area contributed by atoms with Gasteiger partial charge >= 0.3 is 0 Å². The molecule has 1 aromatic rings. The van der Waals surface area contributed by atoms with E-state index in [9.17, 15) is 0 Å². The van der Waals surface area contributed by atoms with Crippen LogP contribution in [0.3, 0.4) is 0 Å². The van der Waals surface area contributed by atoms with Gasteiger partial charge in [-0.2, -0.15) is 0 Å². The Labute approximate surface area is 85.2 Å². The van der Waals surface area contributed by atoms with Crippen molar-refractivity contribution in [3.8, 4) is 5.75 Å². The van der Waals surface area contributed by atoms with Crippen LogP contribution in [0.1, 0.15) is 6.92 Å². The van der Waals surface area contributed by atoms with Crippen molar-refractivity contribution >= 4 is 22.6 Å². The number of hydrogen-bond donors (Lipinski definition) is 0. The van der Waals surface area contributed by atoms with Crippen LogP contribution < -0.4 is 4.74 Å². The average Bonchev–Trinajstić information content (AvgIpc) is 2.09. The zero-order valence-corrected chi connectivity index (χ0v) is 8.95. The van der Waals surface area contributed by atoms with E-state index in [0.717, 1.165) is 9.45 Å². The van der Waals surface area contributed by atoms with Gasteiger partial charge in [-0.1, -0.05) is 0 Å². The van der Waals surface area contributed by atoms with Gasteiger partial charge in [-0.3, -0.25) is 0 Å². The molecule has 0 bridgehead atoms. The summed E-state index contributed by atoms with van der Waals surface area (Å²) in [6.07, 6.45) is 1.73. The fourth-order valence-electron chi connectivity index (χ4n) is 0.667. The third kappa shape index (κ3) is 2.94. The van der Waals surface area contributed by atoms with Crippen LogP contribution in [0, 0.1) is 3.70 Å². The fourth-order valence-corrected chi connectivity index (χ4v) is 1.16. The van der Waals surface area contributed by atoms with E-state index in [1.807, 2.05) is 19.1 Å². The van der Waals surface area contributed by atoms with Gasteiger partial charge in [-0.25, -0.2) is 4.98 Å². The molecule has 0 saturated heterocycles. The molecule has 0 aliphatic heterocycles. The zero-order chi connectivity index (χ0) is 8.81. The largest absolute Gasteiger partial charge is 0.465 e. The Morgan fingerprint density at radius 2 is 2.42 bits per heavy atom. The summed E-state index contributed by atoms with van der Waals surface area (Å²) < 4.78 is 11.2. The van der Waals surface area contributed by atoms with Crippen molar-refractivity contribution in [1.82, 2.24) is 4.98 Å². The second-order valence-corrected chi connectivity index (χ2v) is 3.07. The van der Waals surface area contributed by atoms with E-state index in [1.54, 1.807) is 6.20 Å². The highest BCUT2D eigenvalue weighted by atomic mass is 127. The highest BCUT2D eigenvalue weighted by Gasteiger charge is 1.98. The molecule has 0 aromatic carbocycles. The number of hydrogen-bond acceptors (Lipinski definition) is 3. The van der Waals surface area contributed by atoms with Crippen LogP contribution in [0.2, 0.25) is 0 Å². The van der Waals surface area contributed by atoms with Crippen LogP contribution in [-0.4, -0.2) is 18.4 Å². The van der Waals surface area contributed by atoms with E-state index in [4.69, 9.17) is 9.47 Å². The lowest BCUT2D eigenvalue weighted by Crippen LogP contribution is -2.03. The lowest BCUT2D eigenvalue weighted by Gasteiger charge is -2.05. The van der Waals surface area contributed by atoms with Crippen molar-refractivity contribution in [2.45, 2.75) is 6.92 Å². The van der Waals surface area contributed by atoms with Gasteiger partial charge in [0.2, 0.25) is 0 Å². The second-order valence-electron chi connectivity index (χ2n) is 2.05. The Balaban J connectivity index is 2.46. The van der Waals surface area contributed by atoms with Gasteiger partial charge in [0.05, 0.1) is 0 Å². The maximum Gasteiger partial charge on any atom is 0.189 e. The molecular weight excluding hydrogens is 269 g/mol. The van der Waals surface area contributed by atoms with E-state index in [2.05, 4.69) is 27.6 Å². The van der Waals surface area contributed by atoms with Gasteiger partial charge in [-0.05, 0) is 41.6 Å². The van der Waals surface area contributed by atoms with Crippen molar-refractivity contribution < 1.29 is 9.47 Å². The SMILES string of the molecule is CCOCOc1cccnc1I. The molecule has 0 saturated carbocycles. The lowest BCUT2D eigenvalue weighted by atomic mass is 10.5. The standard InChI is InChI=1S/C8H10INO2/c1-2-11-6-12-7-4-3-5-10-8(7)9/h3-5H,2,6H2,1H3. The quantitative estimate of drug-likeness (QED) is 0.366. The van der Waals surface area contributed by atoms with Gasteiger partial charge in [-0.15, -0.1) is 0 Å². The molecule has 0 unspecified atom stereocenters. The van der Waals surface area contributed by atoms with Crippen molar-refractivity contribution in [1.29, 1.82) is 0 Å². The molecule has 3 nitrogen and oxygen atoms in total. The summed E-state index contributed by atoms with van der Waals surface area (Å²) >= 11 is 2.12. The molecule has 12 heavy (non-hydrogen) atoms. The predicted octanol–water partition coefficient (Wildman–Crippen LogP) is 2.06. The van der Waals surface area contributed by atoms with Gasteiger partial charge in [0.25, 0.3) is 0 Å². The monoisotopic (exact) mass is 279 g/mol. The first-order chi connectivity index (χ1) is 5.84. The third-order valence-corrected chi connectivity index (χ3v) is 2.04. The summed E-state index contributed by atoms with van der Waals surface area (Å²) in [4.78, 5) is 4.06. The zero-order valence-electron chi connectivity index (χ0n) is 6.79. The van der Waals surface area contributed by atoms with Crippen LogP contribution in [0.5, 0.6) is 5.75 Å². The predicted molar refractivity (Wildman–Crippen MR) is 54.1 cm³/mol. The second kappa shape index (κ2) is 5.31. The van der Waals surface area contributed by atoms with Crippen molar-refractivity contribution in [2.24, 2.45) is 0 Å². The van der Waals surface area contributed by atoms with Gasteiger partial charge in [0, 0.05) is 12.8 Å². The lowest BCUT2D eigenvalue weighted by molar-refractivity contribution is 0.0216. The maximum absolute atomic E-state index is 5.28. The number of ether oxygens (including phenoxy) is 2. The Kier molecular flexibility index (Phi) is 4.31. The summed E-state index contributed by atoms with van der Waals surface area (Å²) in [5, 5.41) is 0. The maximum atomic E-state index is 5.28. The van der Waals surface area contributed by atoms with Gasteiger partial charge < -0.3 is 9.47 Å². The van der Waals surface area contributed by atoms with E-state index >= 15 is 0 Å². The van der Waals surface area contributed by atoms with Crippen molar-refractivity contribution in [3.05, 3.63) is 22.0 Å². The summed E-state index contributed by atoms with van der Waals surface area (Å²) in [7, 11) is 0. The van der Waals surface area contributed by atoms with E-state index < -0.39 is 0 Å². The average molecular weight is 279 g/mol. The van der Waals surface area contributed by atoms with Gasteiger partial charge in [0.15, 0.2) is 12.5 Å². The summed E-state index contributed by atoms with van der Waals surface area (Å²) in [6.45, 7) is 2.88. The Morgan fingerprint density at radius 1 is 1.58 bits per heavy atom. The van der Waals surface area contributed by atoms with E-state index in [1.165, 1.54) is 0 Å². The first-order valence-corrected chi connectivity index (χ1v) is 4.73. The minimum atomic E-state index is 0.290. The van der Waals surface area contributed by atoms with Gasteiger partial charge in [0.1, 0.15) is 3.70 Å². The molecule has 0 spiro atoms. The van der Waals surface area contributed by atoms with Crippen LogP contribution in [0.4, 0.5) is 0 Å². The molecule has 0 amide bonds. The normalized spacial score (nSPS) is 9.83. The molecule has 1 heterocycles. The van der Waals surface area contributed by atoms with Crippen LogP contribution in [0.15, 0.2) is 18.3 Å². The highest BCUT2D eigenvalue weighted by molar-refractivity contribution is 14.1. The molecule has 0 atom stereocenters. The Bertz CT molecular complexity index is 242. The summed E-state index contributed by atoms with van der Waals surface area (Å²) in [5.41, 5.74) is 0. The van der Waals surface area contributed by atoms with E-state index in [0.29, 0.717) is 6.61 Å². The topological polar surface area (TPSA) is 31.4 Å². The van der Waals surface area contributed by atoms with Crippen molar-refractivity contribution in [3.63, 3.8) is 0 Å². The molecule has 1 aromatic heterocycles. The molecule has 0 N–H and O–H groups in total. The van der Waals surface area contributed by atoms with Crippen LogP contribution >= 0.6 is 22.6 Å². The molecular formula is C8H10INO2. The number of halogens is 1.